The maximum absolute atomic E-state index is 13.2. The summed E-state index contributed by atoms with van der Waals surface area (Å²) >= 11 is 0. The van der Waals surface area contributed by atoms with Crippen molar-refractivity contribution in [2.75, 3.05) is 19.6 Å². The summed E-state index contributed by atoms with van der Waals surface area (Å²) < 4.78 is 0. The monoisotopic (exact) mass is 368 g/mol. The number of benzene rings is 1. The third kappa shape index (κ3) is 2.76. The van der Waals surface area contributed by atoms with Crippen molar-refractivity contribution < 1.29 is 14.4 Å². The second kappa shape index (κ2) is 6.42. The van der Waals surface area contributed by atoms with E-state index in [1.54, 1.807) is 4.90 Å². The van der Waals surface area contributed by atoms with Crippen LogP contribution in [0.2, 0.25) is 0 Å². The Labute approximate surface area is 158 Å². The lowest BCUT2D eigenvalue weighted by molar-refractivity contribution is -0.136. The zero-order chi connectivity index (χ0) is 18.5. The SMILES string of the molecule is O=C1CCC(N2Cc3cccc(CN4CC[C@H]5CNC[C@H]54)c3C2=O)C(=O)N1. The van der Waals surface area contributed by atoms with Gasteiger partial charge in [-0.25, -0.2) is 0 Å². The van der Waals surface area contributed by atoms with E-state index < -0.39 is 6.04 Å². The number of nitrogens with one attached hydrogen (secondary N) is 2. The lowest BCUT2D eigenvalue weighted by Crippen LogP contribution is -2.52. The fourth-order valence-corrected chi connectivity index (χ4v) is 5.18. The van der Waals surface area contributed by atoms with Crippen LogP contribution < -0.4 is 10.6 Å². The number of hydrogen-bond acceptors (Lipinski definition) is 5. The van der Waals surface area contributed by atoms with Crippen LogP contribution in [-0.2, 0) is 22.7 Å². The molecule has 4 aliphatic rings. The Morgan fingerprint density at radius 3 is 2.85 bits per heavy atom. The molecule has 3 amide bonds. The Kier molecular flexibility index (Phi) is 4.02. The molecule has 3 saturated heterocycles. The van der Waals surface area contributed by atoms with Gasteiger partial charge in [-0.1, -0.05) is 18.2 Å². The minimum Gasteiger partial charge on any atom is -0.322 e. The molecule has 3 fully saturated rings. The maximum Gasteiger partial charge on any atom is 0.255 e. The number of nitrogens with zero attached hydrogens (tertiary/aromatic N) is 2. The molecule has 0 saturated carbocycles. The first-order valence-corrected chi connectivity index (χ1v) is 9.82. The van der Waals surface area contributed by atoms with Gasteiger partial charge in [-0.3, -0.25) is 24.6 Å². The standard InChI is InChI=1S/C20H24N4O3/c25-17-5-4-15(19(26)22-17)24-11-14-3-1-2-13(18(14)20(24)27)10-23-7-6-12-8-21-9-16(12)23/h1-3,12,15-16,21H,4-11H2,(H,22,25,26)/t12-,15?,16+/m0/s1. The maximum atomic E-state index is 13.2. The molecule has 0 aromatic heterocycles. The van der Waals surface area contributed by atoms with E-state index in [1.807, 2.05) is 18.2 Å². The molecule has 1 aromatic carbocycles. The van der Waals surface area contributed by atoms with Crippen molar-refractivity contribution in [3.8, 4) is 0 Å². The molecular formula is C20H24N4O3. The van der Waals surface area contributed by atoms with E-state index in [0.29, 0.717) is 19.0 Å². The molecule has 1 aromatic rings. The summed E-state index contributed by atoms with van der Waals surface area (Å²) in [6.07, 6.45) is 1.90. The van der Waals surface area contributed by atoms with E-state index in [0.717, 1.165) is 48.8 Å². The quantitative estimate of drug-likeness (QED) is 0.747. The van der Waals surface area contributed by atoms with Crippen molar-refractivity contribution in [2.24, 2.45) is 5.92 Å². The smallest absolute Gasteiger partial charge is 0.255 e. The van der Waals surface area contributed by atoms with Gasteiger partial charge < -0.3 is 10.2 Å². The lowest BCUT2D eigenvalue weighted by atomic mass is 10.0. The summed E-state index contributed by atoms with van der Waals surface area (Å²) in [4.78, 5) is 41.0. The van der Waals surface area contributed by atoms with Crippen molar-refractivity contribution in [3.63, 3.8) is 0 Å². The number of rotatable bonds is 3. The average molecular weight is 368 g/mol. The molecule has 0 aliphatic carbocycles. The molecule has 3 atom stereocenters. The summed E-state index contributed by atoms with van der Waals surface area (Å²) in [5.74, 6) is 0.0380. The molecule has 142 valence electrons. The van der Waals surface area contributed by atoms with E-state index >= 15 is 0 Å². The van der Waals surface area contributed by atoms with Gasteiger partial charge in [0, 0.05) is 37.7 Å². The highest BCUT2D eigenvalue weighted by Gasteiger charge is 2.41. The molecule has 0 spiro atoms. The number of piperidine rings is 1. The van der Waals surface area contributed by atoms with Crippen LogP contribution in [0.15, 0.2) is 18.2 Å². The van der Waals surface area contributed by atoms with E-state index in [9.17, 15) is 14.4 Å². The molecule has 0 bridgehead atoms. The molecular weight excluding hydrogens is 344 g/mol. The van der Waals surface area contributed by atoms with E-state index in [2.05, 4.69) is 15.5 Å². The Bertz CT molecular complexity index is 823. The summed E-state index contributed by atoms with van der Waals surface area (Å²) in [5.41, 5.74) is 2.80. The minimum atomic E-state index is -0.550. The summed E-state index contributed by atoms with van der Waals surface area (Å²) in [5, 5.41) is 5.84. The van der Waals surface area contributed by atoms with Gasteiger partial charge >= 0.3 is 0 Å². The predicted octanol–water partition coefficient (Wildman–Crippen LogP) is 0.241. The summed E-state index contributed by atoms with van der Waals surface area (Å²) in [6, 6.07) is 6.04. The highest BCUT2D eigenvalue weighted by molar-refractivity contribution is 6.05. The molecule has 4 aliphatic heterocycles. The fourth-order valence-electron chi connectivity index (χ4n) is 5.18. The minimum absolute atomic E-state index is 0.0737. The number of imide groups is 1. The number of carbonyl (C=O) groups is 3. The van der Waals surface area contributed by atoms with Gasteiger partial charge in [0.05, 0.1) is 0 Å². The van der Waals surface area contributed by atoms with Gasteiger partial charge in [0.15, 0.2) is 0 Å². The molecule has 1 unspecified atom stereocenters. The van der Waals surface area contributed by atoms with Crippen LogP contribution in [0.3, 0.4) is 0 Å². The van der Waals surface area contributed by atoms with Crippen LogP contribution in [0.5, 0.6) is 0 Å². The van der Waals surface area contributed by atoms with Gasteiger partial charge in [0.1, 0.15) is 6.04 Å². The molecule has 4 heterocycles. The topological polar surface area (TPSA) is 81.8 Å². The third-order valence-corrected chi connectivity index (χ3v) is 6.57. The van der Waals surface area contributed by atoms with Crippen LogP contribution in [0.25, 0.3) is 0 Å². The van der Waals surface area contributed by atoms with Crippen LogP contribution >= 0.6 is 0 Å². The number of amides is 3. The van der Waals surface area contributed by atoms with Gasteiger partial charge in [-0.05, 0) is 43.0 Å². The summed E-state index contributed by atoms with van der Waals surface area (Å²) in [7, 11) is 0. The Balaban J connectivity index is 1.38. The third-order valence-electron chi connectivity index (χ3n) is 6.57. The van der Waals surface area contributed by atoms with Crippen molar-refractivity contribution >= 4 is 17.7 Å². The highest BCUT2D eigenvalue weighted by Crippen LogP contribution is 2.33. The fraction of sp³-hybridized carbons (Fsp3) is 0.550. The van der Waals surface area contributed by atoms with Crippen molar-refractivity contribution in [1.82, 2.24) is 20.4 Å². The van der Waals surface area contributed by atoms with Crippen molar-refractivity contribution in [2.45, 2.75) is 44.4 Å². The van der Waals surface area contributed by atoms with Crippen LogP contribution in [0.4, 0.5) is 0 Å². The largest absolute Gasteiger partial charge is 0.322 e. The number of likely N-dealkylation sites (tertiary alicyclic amines) is 1. The molecule has 0 radical (unpaired) electrons. The first kappa shape index (κ1) is 16.9. The lowest BCUT2D eigenvalue weighted by Gasteiger charge is -2.29. The Morgan fingerprint density at radius 1 is 1.11 bits per heavy atom. The Morgan fingerprint density at radius 2 is 2.00 bits per heavy atom. The van der Waals surface area contributed by atoms with Crippen LogP contribution in [0.1, 0.15) is 40.7 Å². The van der Waals surface area contributed by atoms with Crippen LogP contribution in [-0.4, -0.2) is 59.2 Å². The number of carbonyl (C=O) groups excluding carboxylic acids is 3. The first-order chi connectivity index (χ1) is 13.1. The molecule has 7 heteroatoms. The van der Waals surface area contributed by atoms with Crippen LogP contribution in [0, 0.1) is 5.92 Å². The molecule has 2 N–H and O–H groups in total. The first-order valence-electron chi connectivity index (χ1n) is 9.82. The second-order valence-electron chi connectivity index (χ2n) is 8.10. The van der Waals surface area contributed by atoms with E-state index in [1.165, 1.54) is 6.42 Å². The van der Waals surface area contributed by atoms with Gasteiger partial charge in [0.2, 0.25) is 11.8 Å². The highest BCUT2D eigenvalue weighted by atomic mass is 16.2. The molecule has 7 nitrogen and oxygen atoms in total. The van der Waals surface area contributed by atoms with Crippen molar-refractivity contribution in [1.29, 1.82) is 0 Å². The predicted molar refractivity (Wildman–Crippen MR) is 97.7 cm³/mol. The zero-order valence-corrected chi connectivity index (χ0v) is 15.2. The number of fused-ring (bicyclic) bond motifs is 2. The normalized spacial score (nSPS) is 30.6. The van der Waals surface area contributed by atoms with Gasteiger partial charge in [-0.15, -0.1) is 0 Å². The van der Waals surface area contributed by atoms with Crippen molar-refractivity contribution in [3.05, 3.63) is 34.9 Å². The average Bonchev–Trinajstić information content (AvgIpc) is 3.32. The second-order valence-corrected chi connectivity index (χ2v) is 8.10. The molecule has 5 rings (SSSR count). The number of hydrogen-bond donors (Lipinski definition) is 2. The van der Waals surface area contributed by atoms with E-state index in [-0.39, 0.29) is 24.1 Å². The van der Waals surface area contributed by atoms with Gasteiger partial charge in [0.25, 0.3) is 5.91 Å². The summed E-state index contributed by atoms with van der Waals surface area (Å²) in [6.45, 7) is 4.42. The zero-order valence-electron chi connectivity index (χ0n) is 15.2. The van der Waals surface area contributed by atoms with E-state index in [4.69, 9.17) is 0 Å². The van der Waals surface area contributed by atoms with Gasteiger partial charge in [-0.2, -0.15) is 0 Å². The Hall–Kier alpha value is -2.25. The molecule has 27 heavy (non-hydrogen) atoms.